The van der Waals surface area contributed by atoms with Crippen molar-refractivity contribution in [3.05, 3.63) is 70.8 Å². The summed E-state index contributed by atoms with van der Waals surface area (Å²) in [6.07, 6.45) is 4.25. The van der Waals surface area contributed by atoms with Crippen molar-refractivity contribution in [1.82, 2.24) is 19.4 Å². The maximum Gasteiger partial charge on any atom is 0.255 e. The van der Waals surface area contributed by atoms with Crippen LogP contribution in [-0.2, 0) is 7.05 Å². The van der Waals surface area contributed by atoms with Crippen LogP contribution in [0.2, 0.25) is 0 Å². The lowest BCUT2D eigenvalue weighted by Gasteiger charge is -2.35. The molecule has 0 aliphatic carbocycles. The summed E-state index contributed by atoms with van der Waals surface area (Å²) in [6.45, 7) is 3.81. The quantitative estimate of drug-likeness (QED) is 0.617. The molecule has 0 saturated carbocycles. The van der Waals surface area contributed by atoms with Gasteiger partial charge in [0.25, 0.3) is 11.5 Å². The number of benzene rings is 1. The molecule has 3 aromatic rings. The van der Waals surface area contributed by atoms with Crippen LogP contribution in [0.5, 0.6) is 5.75 Å². The molecule has 2 atom stereocenters. The molecule has 1 aromatic carbocycles. The number of anilines is 1. The van der Waals surface area contributed by atoms with Gasteiger partial charge in [-0.15, -0.1) is 0 Å². The summed E-state index contributed by atoms with van der Waals surface area (Å²) in [5, 5.41) is 0. The minimum Gasteiger partial charge on any atom is -0.494 e. The average Bonchev–Trinajstić information content (AvgIpc) is 3.43. The fourth-order valence-corrected chi connectivity index (χ4v) is 4.64. The lowest BCUT2D eigenvalue weighted by atomic mass is 10.1. The molecule has 5 rings (SSSR count). The number of carbonyl (C=O) groups excluding carboxylic acids is 1. The van der Waals surface area contributed by atoms with Crippen molar-refractivity contribution in [2.24, 2.45) is 7.05 Å². The highest BCUT2D eigenvalue weighted by Gasteiger charge is 2.46. The lowest BCUT2D eigenvalue weighted by molar-refractivity contribution is 0.0725. The third-order valence-corrected chi connectivity index (χ3v) is 6.26. The standard InChI is InChI=1S/C24H25N5O3/c1-3-32-20-6-4-17(5-7-20)23(31)28-14-19-12-18(28)15-29(19)24-26-21(13-22(30)27(24)2)16-8-10-25-11-9-16/h4-11,13,18-19H,3,12,14-15H2,1-2H3. The van der Waals surface area contributed by atoms with Gasteiger partial charge < -0.3 is 14.5 Å². The van der Waals surface area contributed by atoms with E-state index in [1.165, 1.54) is 0 Å². The molecule has 2 unspecified atom stereocenters. The Morgan fingerprint density at radius 1 is 1.09 bits per heavy atom. The van der Waals surface area contributed by atoms with Crippen molar-refractivity contribution >= 4 is 11.9 Å². The summed E-state index contributed by atoms with van der Waals surface area (Å²) in [6, 6.07) is 12.8. The van der Waals surface area contributed by atoms with Crippen molar-refractivity contribution in [3.63, 3.8) is 0 Å². The fourth-order valence-electron chi connectivity index (χ4n) is 4.64. The van der Waals surface area contributed by atoms with E-state index in [9.17, 15) is 9.59 Å². The number of carbonyl (C=O) groups is 1. The third-order valence-electron chi connectivity index (χ3n) is 6.26. The summed E-state index contributed by atoms with van der Waals surface area (Å²) in [5.74, 6) is 1.44. The van der Waals surface area contributed by atoms with Crippen LogP contribution in [0.25, 0.3) is 11.3 Å². The molecule has 2 bridgehead atoms. The molecular formula is C24H25N5O3. The molecule has 164 valence electrons. The van der Waals surface area contributed by atoms with Crippen LogP contribution >= 0.6 is 0 Å². The van der Waals surface area contributed by atoms with Crippen molar-refractivity contribution < 1.29 is 9.53 Å². The molecular weight excluding hydrogens is 406 g/mol. The first-order valence-electron chi connectivity index (χ1n) is 10.8. The highest BCUT2D eigenvalue weighted by atomic mass is 16.5. The van der Waals surface area contributed by atoms with Gasteiger partial charge in [0.15, 0.2) is 0 Å². The van der Waals surface area contributed by atoms with E-state index in [1.807, 2.05) is 48.2 Å². The number of amides is 1. The maximum absolute atomic E-state index is 13.1. The zero-order chi connectivity index (χ0) is 22.2. The van der Waals surface area contributed by atoms with E-state index in [0.717, 1.165) is 17.7 Å². The number of ether oxygens (including phenoxy) is 1. The van der Waals surface area contributed by atoms with Gasteiger partial charge in [-0.1, -0.05) is 0 Å². The summed E-state index contributed by atoms with van der Waals surface area (Å²) in [4.78, 5) is 38.7. The Bertz CT molecular complexity index is 1190. The largest absolute Gasteiger partial charge is 0.494 e. The van der Waals surface area contributed by atoms with Crippen LogP contribution in [0.3, 0.4) is 0 Å². The Labute approximate surface area is 186 Å². The maximum atomic E-state index is 13.1. The molecule has 1 amide bonds. The smallest absolute Gasteiger partial charge is 0.255 e. The topological polar surface area (TPSA) is 80.6 Å². The average molecular weight is 431 g/mol. The van der Waals surface area contributed by atoms with E-state index in [1.54, 1.807) is 30.1 Å². The Hall–Kier alpha value is -3.68. The molecule has 2 aliphatic rings. The van der Waals surface area contributed by atoms with Gasteiger partial charge in [0, 0.05) is 49.7 Å². The Morgan fingerprint density at radius 2 is 1.84 bits per heavy atom. The second-order valence-electron chi connectivity index (χ2n) is 8.19. The van der Waals surface area contributed by atoms with E-state index >= 15 is 0 Å². The first-order valence-corrected chi connectivity index (χ1v) is 10.8. The van der Waals surface area contributed by atoms with E-state index in [4.69, 9.17) is 9.72 Å². The van der Waals surface area contributed by atoms with Crippen molar-refractivity contribution in [3.8, 4) is 17.0 Å². The molecule has 2 aliphatic heterocycles. The summed E-state index contributed by atoms with van der Waals surface area (Å²) in [7, 11) is 1.75. The summed E-state index contributed by atoms with van der Waals surface area (Å²) < 4.78 is 7.06. The summed E-state index contributed by atoms with van der Waals surface area (Å²) >= 11 is 0. The highest BCUT2D eigenvalue weighted by molar-refractivity contribution is 5.95. The van der Waals surface area contributed by atoms with Crippen LogP contribution in [-0.4, -0.2) is 57.1 Å². The highest BCUT2D eigenvalue weighted by Crippen LogP contribution is 2.35. The molecule has 0 spiro atoms. The minimum absolute atomic E-state index is 0.0348. The van der Waals surface area contributed by atoms with E-state index in [2.05, 4.69) is 9.88 Å². The first kappa shape index (κ1) is 20.2. The first-order chi connectivity index (χ1) is 15.5. The zero-order valence-corrected chi connectivity index (χ0v) is 18.1. The molecule has 2 aromatic heterocycles. The zero-order valence-electron chi connectivity index (χ0n) is 18.1. The van der Waals surface area contributed by atoms with Gasteiger partial charge in [0.2, 0.25) is 5.95 Å². The lowest BCUT2D eigenvalue weighted by Crippen LogP contribution is -2.50. The van der Waals surface area contributed by atoms with Gasteiger partial charge in [-0.05, 0) is 49.7 Å². The fraction of sp³-hybridized carbons (Fsp3) is 0.333. The number of nitrogens with zero attached hydrogens (tertiary/aromatic N) is 5. The predicted molar refractivity (Wildman–Crippen MR) is 121 cm³/mol. The Morgan fingerprint density at radius 3 is 2.50 bits per heavy atom. The van der Waals surface area contributed by atoms with Crippen molar-refractivity contribution in [2.45, 2.75) is 25.4 Å². The molecule has 2 fully saturated rings. The van der Waals surface area contributed by atoms with Crippen LogP contribution in [0.15, 0.2) is 59.7 Å². The van der Waals surface area contributed by atoms with E-state index < -0.39 is 0 Å². The minimum atomic E-state index is -0.105. The van der Waals surface area contributed by atoms with Gasteiger partial charge in [-0.2, -0.15) is 0 Å². The van der Waals surface area contributed by atoms with Crippen LogP contribution < -0.4 is 15.2 Å². The SMILES string of the molecule is CCOc1ccc(C(=O)N2CC3CC2CN3c2nc(-c3ccncc3)cc(=O)n2C)cc1. The number of fused-ring (bicyclic) bond motifs is 2. The summed E-state index contributed by atoms with van der Waals surface area (Å²) in [5.41, 5.74) is 2.05. The van der Waals surface area contributed by atoms with E-state index in [0.29, 0.717) is 36.9 Å². The number of pyridine rings is 1. The van der Waals surface area contributed by atoms with E-state index in [-0.39, 0.29) is 23.6 Å². The monoisotopic (exact) mass is 431 g/mol. The van der Waals surface area contributed by atoms with Crippen molar-refractivity contribution in [2.75, 3.05) is 24.6 Å². The molecule has 0 radical (unpaired) electrons. The molecule has 8 nitrogen and oxygen atoms in total. The Kier molecular flexibility index (Phi) is 5.13. The van der Waals surface area contributed by atoms with Gasteiger partial charge in [-0.3, -0.25) is 19.1 Å². The van der Waals surface area contributed by atoms with Gasteiger partial charge in [-0.25, -0.2) is 4.98 Å². The van der Waals surface area contributed by atoms with Crippen LogP contribution in [0.1, 0.15) is 23.7 Å². The molecule has 2 saturated heterocycles. The second kappa shape index (κ2) is 8.11. The van der Waals surface area contributed by atoms with Gasteiger partial charge in [0.1, 0.15) is 5.75 Å². The number of hydrogen-bond donors (Lipinski definition) is 0. The molecule has 4 heterocycles. The Balaban J connectivity index is 1.36. The number of rotatable bonds is 5. The second-order valence-corrected chi connectivity index (χ2v) is 8.19. The number of likely N-dealkylation sites (tertiary alicyclic amines) is 1. The molecule has 32 heavy (non-hydrogen) atoms. The third kappa shape index (κ3) is 3.51. The van der Waals surface area contributed by atoms with Crippen molar-refractivity contribution in [1.29, 1.82) is 0 Å². The number of piperazine rings is 1. The van der Waals surface area contributed by atoms with Crippen LogP contribution in [0.4, 0.5) is 5.95 Å². The number of aromatic nitrogens is 3. The molecule has 0 N–H and O–H groups in total. The normalized spacial score (nSPS) is 19.4. The molecule has 8 heteroatoms. The van der Waals surface area contributed by atoms with Gasteiger partial charge in [0.05, 0.1) is 24.4 Å². The predicted octanol–water partition coefficient (Wildman–Crippen LogP) is 2.34. The van der Waals surface area contributed by atoms with Crippen LogP contribution in [0, 0.1) is 0 Å². The number of hydrogen-bond acceptors (Lipinski definition) is 6. The van der Waals surface area contributed by atoms with Gasteiger partial charge >= 0.3 is 0 Å².